The number of guanidine groups is 1. The second kappa shape index (κ2) is 20.2. The second-order valence-electron chi connectivity index (χ2n) is 9.84. The highest BCUT2D eigenvalue weighted by Crippen LogP contribution is 2.08. The first-order valence-electron chi connectivity index (χ1n) is 14.0. The van der Waals surface area contributed by atoms with Crippen LogP contribution >= 0.6 is 0 Å². The lowest BCUT2D eigenvalue weighted by Gasteiger charge is -2.25. The molecule has 0 fully saturated rings. The van der Waals surface area contributed by atoms with E-state index in [1.54, 1.807) is 24.3 Å². The molecule has 0 aliphatic carbocycles. The summed E-state index contributed by atoms with van der Waals surface area (Å²) in [6.45, 7) is 1.12. The molecule has 0 saturated carbocycles. The first-order chi connectivity index (χ1) is 19.6. The first kappa shape index (κ1) is 35.3. The summed E-state index contributed by atoms with van der Waals surface area (Å²) in [6.07, 6.45) is 3.66. The van der Waals surface area contributed by atoms with E-state index >= 15 is 0 Å². The molecule has 0 saturated heterocycles. The van der Waals surface area contributed by atoms with E-state index in [1.807, 2.05) is 6.07 Å². The van der Waals surface area contributed by atoms with E-state index in [2.05, 4.69) is 20.9 Å². The Labute approximate surface area is 241 Å². The number of rotatable bonds is 21. The summed E-state index contributed by atoms with van der Waals surface area (Å²) in [7, 11) is 0. The SMILES string of the molecule is NCCCCC(NC(=O)C(N)CCCN=C(N)N)C(=O)NC(CCCCN)C(=O)NC(Cc1ccccc1)C(=O)O. The van der Waals surface area contributed by atoms with E-state index in [-0.39, 0.29) is 25.2 Å². The summed E-state index contributed by atoms with van der Waals surface area (Å²) in [6, 6.07) is 4.80. The number of benzene rings is 1. The zero-order valence-corrected chi connectivity index (χ0v) is 23.6. The van der Waals surface area contributed by atoms with Gasteiger partial charge in [-0.2, -0.15) is 0 Å². The number of nitrogens with one attached hydrogen (secondary N) is 3. The Morgan fingerprint density at radius 1 is 0.732 bits per heavy atom. The third kappa shape index (κ3) is 15.0. The van der Waals surface area contributed by atoms with Gasteiger partial charge in [-0.3, -0.25) is 19.4 Å². The van der Waals surface area contributed by atoms with Crippen LogP contribution < -0.4 is 44.6 Å². The second-order valence-corrected chi connectivity index (χ2v) is 9.84. The third-order valence-electron chi connectivity index (χ3n) is 6.36. The number of carbonyl (C=O) groups is 4. The van der Waals surface area contributed by atoms with Gasteiger partial charge in [-0.15, -0.1) is 0 Å². The van der Waals surface area contributed by atoms with E-state index in [0.717, 1.165) is 5.56 Å². The van der Waals surface area contributed by atoms with Crippen LogP contribution in [0.2, 0.25) is 0 Å². The van der Waals surface area contributed by atoms with E-state index < -0.39 is 47.9 Å². The summed E-state index contributed by atoms with van der Waals surface area (Å²) >= 11 is 0. The molecular formula is C27H47N9O5. The fourth-order valence-corrected chi connectivity index (χ4v) is 4.05. The number of amides is 3. The monoisotopic (exact) mass is 577 g/mol. The molecule has 0 radical (unpaired) electrons. The summed E-state index contributed by atoms with van der Waals surface area (Å²) in [4.78, 5) is 55.1. The predicted octanol–water partition coefficient (Wildman–Crippen LogP) is -1.59. The van der Waals surface area contributed by atoms with Crippen molar-refractivity contribution in [3.05, 3.63) is 35.9 Å². The van der Waals surface area contributed by atoms with Gasteiger partial charge in [-0.05, 0) is 70.0 Å². The number of carbonyl (C=O) groups excluding carboxylic acids is 3. The zero-order chi connectivity index (χ0) is 30.6. The maximum atomic E-state index is 13.3. The predicted molar refractivity (Wildman–Crippen MR) is 157 cm³/mol. The van der Waals surface area contributed by atoms with E-state index in [4.69, 9.17) is 28.7 Å². The van der Waals surface area contributed by atoms with Crippen LogP contribution in [0.15, 0.2) is 35.3 Å². The molecule has 0 heterocycles. The molecule has 0 bridgehead atoms. The molecule has 14 N–H and O–H groups in total. The Morgan fingerprint density at radius 3 is 1.73 bits per heavy atom. The molecule has 0 spiro atoms. The molecule has 14 heteroatoms. The van der Waals surface area contributed by atoms with Crippen molar-refractivity contribution < 1.29 is 24.3 Å². The van der Waals surface area contributed by atoms with Crippen molar-refractivity contribution in [1.29, 1.82) is 0 Å². The molecule has 41 heavy (non-hydrogen) atoms. The Kier molecular flexibility index (Phi) is 17.4. The Hall–Kier alpha value is -3.75. The Bertz CT molecular complexity index is 973. The van der Waals surface area contributed by atoms with Crippen molar-refractivity contribution in [2.45, 2.75) is 82.0 Å². The van der Waals surface area contributed by atoms with E-state index in [9.17, 15) is 24.3 Å². The van der Waals surface area contributed by atoms with Gasteiger partial charge in [0, 0.05) is 13.0 Å². The fourth-order valence-electron chi connectivity index (χ4n) is 4.05. The number of nitrogens with zero attached hydrogens (tertiary/aromatic N) is 1. The highest BCUT2D eigenvalue weighted by atomic mass is 16.4. The number of hydrogen-bond donors (Lipinski definition) is 9. The zero-order valence-electron chi connectivity index (χ0n) is 23.6. The summed E-state index contributed by atoms with van der Waals surface area (Å²) in [5, 5.41) is 17.6. The summed E-state index contributed by atoms with van der Waals surface area (Å²) < 4.78 is 0. The van der Waals surface area contributed by atoms with Crippen molar-refractivity contribution in [3.63, 3.8) is 0 Å². The number of carboxylic acids is 1. The largest absolute Gasteiger partial charge is 0.480 e. The molecule has 0 aromatic heterocycles. The molecule has 0 aliphatic rings. The number of aliphatic carboxylic acids is 1. The highest BCUT2D eigenvalue weighted by molar-refractivity contribution is 5.94. The van der Waals surface area contributed by atoms with Gasteiger partial charge < -0.3 is 49.7 Å². The van der Waals surface area contributed by atoms with Gasteiger partial charge in [0.25, 0.3) is 0 Å². The van der Waals surface area contributed by atoms with Crippen LogP contribution in [0.3, 0.4) is 0 Å². The van der Waals surface area contributed by atoms with E-state index in [0.29, 0.717) is 58.2 Å². The Balaban J connectivity index is 2.96. The number of unbranched alkanes of at least 4 members (excludes halogenated alkanes) is 2. The standard InChI is InChI=1S/C27H47N9O5/c28-14-6-4-12-20(34-23(37)19(30)11-8-16-33-27(31)32)24(38)35-21(13-5-7-15-29)25(39)36-22(26(40)41)17-18-9-2-1-3-10-18/h1-3,9-10,19-22H,4-8,11-17,28-30H2,(H,34,37)(H,35,38)(H,36,39)(H,40,41)(H4,31,32,33). The van der Waals surface area contributed by atoms with Crippen molar-refractivity contribution in [2.24, 2.45) is 33.7 Å². The van der Waals surface area contributed by atoms with Crippen molar-refractivity contribution in [3.8, 4) is 0 Å². The lowest BCUT2D eigenvalue weighted by Crippen LogP contribution is -2.57. The fraction of sp³-hybridized carbons (Fsp3) is 0.593. The van der Waals surface area contributed by atoms with Gasteiger partial charge in [0.15, 0.2) is 5.96 Å². The number of aliphatic imine (C=N–C) groups is 1. The minimum atomic E-state index is -1.20. The smallest absolute Gasteiger partial charge is 0.326 e. The summed E-state index contributed by atoms with van der Waals surface area (Å²) in [5.74, 6) is -3.00. The summed E-state index contributed by atoms with van der Waals surface area (Å²) in [5.41, 5.74) is 28.5. The van der Waals surface area contributed by atoms with Gasteiger partial charge >= 0.3 is 5.97 Å². The molecule has 1 rings (SSSR count). The molecule has 3 amide bonds. The molecule has 4 unspecified atom stereocenters. The quantitative estimate of drug-likeness (QED) is 0.0459. The van der Waals surface area contributed by atoms with E-state index in [1.165, 1.54) is 0 Å². The molecule has 1 aromatic carbocycles. The van der Waals surface area contributed by atoms with Crippen LogP contribution in [-0.2, 0) is 25.6 Å². The normalized spacial score (nSPS) is 13.7. The topological polar surface area (TPSA) is 267 Å². The van der Waals surface area contributed by atoms with Crippen LogP contribution in [0.25, 0.3) is 0 Å². The van der Waals surface area contributed by atoms with Crippen LogP contribution in [-0.4, -0.2) is 78.6 Å². The molecule has 4 atom stereocenters. The molecule has 0 aliphatic heterocycles. The third-order valence-corrected chi connectivity index (χ3v) is 6.36. The lowest BCUT2D eigenvalue weighted by molar-refractivity contribution is -0.142. The van der Waals surface area contributed by atoms with Crippen LogP contribution in [0.4, 0.5) is 0 Å². The van der Waals surface area contributed by atoms with Crippen molar-refractivity contribution in [1.82, 2.24) is 16.0 Å². The average Bonchev–Trinajstić information content (AvgIpc) is 2.94. The number of carboxylic acid groups (broad SMARTS) is 1. The molecule has 230 valence electrons. The number of nitrogens with two attached hydrogens (primary N) is 5. The maximum Gasteiger partial charge on any atom is 0.326 e. The van der Waals surface area contributed by atoms with Gasteiger partial charge in [-0.1, -0.05) is 30.3 Å². The minimum absolute atomic E-state index is 0.0561. The molecular weight excluding hydrogens is 530 g/mol. The van der Waals surface area contributed by atoms with Crippen molar-refractivity contribution in [2.75, 3.05) is 19.6 Å². The van der Waals surface area contributed by atoms with Gasteiger partial charge in [0.2, 0.25) is 17.7 Å². The lowest BCUT2D eigenvalue weighted by atomic mass is 10.0. The van der Waals surface area contributed by atoms with Crippen LogP contribution in [0, 0.1) is 0 Å². The van der Waals surface area contributed by atoms with Crippen molar-refractivity contribution >= 4 is 29.7 Å². The average molecular weight is 578 g/mol. The van der Waals surface area contributed by atoms with Gasteiger partial charge in [-0.25, -0.2) is 4.79 Å². The molecule has 1 aromatic rings. The van der Waals surface area contributed by atoms with Gasteiger partial charge in [0.05, 0.1) is 6.04 Å². The Morgan fingerprint density at radius 2 is 1.24 bits per heavy atom. The maximum absolute atomic E-state index is 13.3. The van der Waals surface area contributed by atoms with Crippen LogP contribution in [0.1, 0.15) is 56.9 Å². The number of hydrogen-bond acceptors (Lipinski definition) is 8. The first-order valence-corrected chi connectivity index (χ1v) is 14.0. The highest BCUT2D eigenvalue weighted by Gasteiger charge is 2.30. The molecule has 14 nitrogen and oxygen atoms in total. The minimum Gasteiger partial charge on any atom is -0.480 e. The van der Waals surface area contributed by atoms with Crippen LogP contribution in [0.5, 0.6) is 0 Å². The van der Waals surface area contributed by atoms with Gasteiger partial charge in [0.1, 0.15) is 18.1 Å².